The van der Waals surface area contributed by atoms with Crippen molar-refractivity contribution in [2.24, 2.45) is 11.7 Å². The van der Waals surface area contributed by atoms with Crippen molar-refractivity contribution in [3.05, 3.63) is 29.3 Å². The second kappa shape index (κ2) is 13.5. The van der Waals surface area contributed by atoms with Crippen molar-refractivity contribution in [1.29, 1.82) is 0 Å². The lowest BCUT2D eigenvalue weighted by Crippen LogP contribution is -2.46. The number of hydrogen-bond acceptors (Lipinski definition) is 5. The summed E-state index contributed by atoms with van der Waals surface area (Å²) in [4.78, 5) is 32.3. The molecule has 5 N–H and O–H groups in total. The molecule has 0 radical (unpaired) electrons. The van der Waals surface area contributed by atoms with E-state index in [9.17, 15) is 9.59 Å². The minimum atomic E-state index is -0.548. The smallest absolute Gasteiger partial charge is 0.412 e. The third kappa shape index (κ3) is 9.43. The van der Waals surface area contributed by atoms with E-state index in [1.807, 2.05) is 32.0 Å². The first-order valence-electron chi connectivity index (χ1n) is 9.76. The van der Waals surface area contributed by atoms with Gasteiger partial charge in [-0.15, -0.1) is 0 Å². The van der Waals surface area contributed by atoms with Gasteiger partial charge in [0.05, 0.1) is 6.04 Å². The van der Waals surface area contributed by atoms with E-state index in [0.717, 1.165) is 11.1 Å². The quantitative estimate of drug-likeness (QED) is 0.386. The molecule has 1 rings (SSSR count). The molecule has 1 atom stereocenters. The fraction of sp³-hybridized carbons (Fsp3) is 0.571. The average Bonchev–Trinajstić information content (AvgIpc) is 2.64. The average molecular weight is 410 g/mol. The molecule has 29 heavy (non-hydrogen) atoms. The normalized spacial score (nSPS) is 11.5. The highest BCUT2D eigenvalue weighted by molar-refractivity contribution is 5.81. The third-order valence-electron chi connectivity index (χ3n) is 4.23. The van der Waals surface area contributed by atoms with Gasteiger partial charge in [0, 0.05) is 13.1 Å². The fourth-order valence-electron chi connectivity index (χ4n) is 2.50. The van der Waals surface area contributed by atoms with Gasteiger partial charge in [-0.25, -0.2) is 4.79 Å². The summed E-state index contributed by atoms with van der Waals surface area (Å²) in [5, 5.41) is 12.3. The van der Waals surface area contributed by atoms with Gasteiger partial charge in [0.25, 0.3) is 6.47 Å². The van der Waals surface area contributed by atoms with E-state index >= 15 is 0 Å². The Morgan fingerprint density at radius 3 is 1.90 bits per heavy atom. The summed E-state index contributed by atoms with van der Waals surface area (Å²) in [6.07, 6.45) is -0.526. The number of carboxylic acid groups (broad SMARTS) is 1. The Morgan fingerprint density at radius 1 is 1.03 bits per heavy atom. The SMILES string of the molecule is CC(C)c1cccc(C(C)C)c1OC(=O)NCCNC(=O)[C@@H](N)C(C)C.O=CO. The van der Waals surface area contributed by atoms with Crippen LogP contribution in [0.3, 0.4) is 0 Å². The summed E-state index contributed by atoms with van der Waals surface area (Å²) in [7, 11) is 0. The zero-order valence-electron chi connectivity index (χ0n) is 18.2. The van der Waals surface area contributed by atoms with Gasteiger partial charge >= 0.3 is 6.09 Å². The van der Waals surface area contributed by atoms with Gasteiger partial charge in [0.1, 0.15) is 5.75 Å². The molecule has 0 saturated carbocycles. The number of para-hydroxylation sites is 1. The Morgan fingerprint density at radius 2 is 1.48 bits per heavy atom. The van der Waals surface area contributed by atoms with Crippen LogP contribution in [0.5, 0.6) is 5.75 Å². The van der Waals surface area contributed by atoms with Crippen LogP contribution in [0.4, 0.5) is 4.79 Å². The van der Waals surface area contributed by atoms with E-state index in [2.05, 4.69) is 38.3 Å². The van der Waals surface area contributed by atoms with E-state index in [-0.39, 0.29) is 36.7 Å². The number of carbonyl (C=O) groups is 3. The molecule has 164 valence electrons. The standard InChI is InChI=1S/C20H33N3O3.CH2O2/c1-12(2)15-8-7-9-16(13(3)4)18(15)26-20(25)23-11-10-22-19(24)17(21)14(5)6;2-1-3/h7-9,12-14,17H,10-11,21H2,1-6H3,(H,22,24)(H,23,25);1H,(H,2,3)/t17-;/m0./s1. The van der Waals surface area contributed by atoms with Gasteiger partial charge in [0.2, 0.25) is 5.91 Å². The Balaban J connectivity index is 0.00000245. The topological polar surface area (TPSA) is 131 Å². The van der Waals surface area contributed by atoms with E-state index in [4.69, 9.17) is 20.4 Å². The molecule has 0 aliphatic rings. The molecular formula is C21H35N3O5. The highest BCUT2D eigenvalue weighted by atomic mass is 16.6. The number of hydrogen-bond donors (Lipinski definition) is 4. The van der Waals surface area contributed by atoms with Gasteiger partial charge in [-0.3, -0.25) is 9.59 Å². The Hall–Kier alpha value is -2.61. The van der Waals surface area contributed by atoms with E-state index in [1.54, 1.807) is 0 Å². The molecule has 0 aliphatic carbocycles. The molecule has 0 aromatic heterocycles. The number of nitrogens with two attached hydrogens (primary N) is 1. The van der Waals surface area contributed by atoms with Crippen molar-refractivity contribution in [1.82, 2.24) is 10.6 Å². The first-order valence-corrected chi connectivity index (χ1v) is 9.76. The van der Waals surface area contributed by atoms with Crippen LogP contribution < -0.4 is 21.1 Å². The number of nitrogens with one attached hydrogen (secondary N) is 2. The van der Waals surface area contributed by atoms with Gasteiger partial charge in [-0.05, 0) is 28.9 Å². The molecule has 0 unspecified atom stereocenters. The third-order valence-corrected chi connectivity index (χ3v) is 4.23. The molecule has 2 amide bonds. The van der Waals surface area contributed by atoms with Crippen LogP contribution in [0.15, 0.2) is 18.2 Å². The maximum Gasteiger partial charge on any atom is 0.412 e. The number of benzene rings is 1. The summed E-state index contributed by atoms with van der Waals surface area (Å²) in [6, 6.07) is 5.40. The molecule has 0 bridgehead atoms. The molecule has 0 saturated heterocycles. The van der Waals surface area contributed by atoms with Crippen LogP contribution in [0, 0.1) is 5.92 Å². The molecule has 0 fully saturated rings. The van der Waals surface area contributed by atoms with Crippen LogP contribution in [0.2, 0.25) is 0 Å². The number of rotatable bonds is 8. The number of amides is 2. The van der Waals surface area contributed by atoms with Crippen LogP contribution in [-0.4, -0.2) is 42.7 Å². The summed E-state index contributed by atoms with van der Waals surface area (Å²) in [5.74, 6) is 0.958. The minimum absolute atomic E-state index is 0.0647. The zero-order chi connectivity index (χ0) is 22.6. The lowest BCUT2D eigenvalue weighted by Gasteiger charge is -2.19. The molecule has 0 heterocycles. The minimum Gasteiger partial charge on any atom is -0.483 e. The predicted molar refractivity (Wildman–Crippen MR) is 113 cm³/mol. The van der Waals surface area contributed by atoms with Crippen molar-refractivity contribution >= 4 is 18.5 Å². The van der Waals surface area contributed by atoms with Crippen molar-refractivity contribution in [3.63, 3.8) is 0 Å². The lowest BCUT2D eigenvalue weighted by atomic mass is 9.94. The maximum absolute atomic E-state index is 12.2. The highest BCUT2D eigenvalue weighted by Gasteiger charge is 2.19. The van der Waals surface area contributed by atoms with Crippen LogP contribution in [-0.2, 0) is 9.59 Å². The Bertz CT molecular complexity index is 633. The van der Waals surface area contributed by atoms with Crippen molar-refractivity contribution in [2.75, 3.05) is 13.1 Å². The molecular weight excluding hydrogens is 374 g/mol. The van der Waals surface area contributed by atoms with Crippen molar-refractivity contribution in [2.45, 2.75) is 59.4 Å². The Kier molecular flexibility index (Phi) is 12.3. The van der Waals surface area contributed by atoms with Crippen LogP contribution in [0.25, 0.3) is 0 Å². The molecule has 0 spiro atoms. The second-order valence-corrected chi connectivity index (χ2v) is 7.56. The summed E-state index contributed by atoms with van der Waals surface area (Å²) >= 11 is 0. The van der Waals surface area contributed by atoms with E-state index in [0.29, 0.717) is 12.3 Å². The van der Waals surface area contributed by atoms with E-state index in [1.165, 1.54) is 0 Å². The van der Waals surface area contributed by atoms with Gasteiger partial charge in [-0.1, -0.05) is 59.7 Å². The molecule has 1 aromatic rings. The second-order valence-electron chi connectivity index (χ2n) is 7.56. The van der Waals surface area contributed by atoms with E-state index < -0.39 is 12.1 Å². The van der Waals surface area contributed by atoms with Crippen LogP contribution in [0.1, 0.15) is 64.5 Å². The number of ether oxygens (including phenoxy) is 1. The number of carbonyl (C=O) groups excluding carboxylic acids is 2. The molecule has 8 nitrogen and oxygen atoms in total. The molecule has 0 aliphatic heterocycles. The summed E-state index contributed by atoms with van der Waals surface area (Å²) in [5.41, 5.74) is 7.77. The molecule has 8 heteroatoms. The van der Waals surface area contributed by atoms with Gasteiger partial charge in [0.15, 0.2) is 0 Å². The first kappa shape index (κ1) is 26.4. The Labute approximate surface area is 173 Å². The maximum atomic E-state index is 12.2. The fourth-order valence-corrected chi connectivity index (χ4v) is 2.50. The first-order chi connectivity index (χ1) is 13.6. The van der Waals surface area contributed by atoms with Crippen molar-refractivity contribution < 1.29 is 24.2 Å². The zero-order valence-corrected chi connectivity index (χ0v) is 18.2. The van der Waals surface area contributed by atoms with Gasteiger partial charge in [-0.2, -0.15) is 0 Å². The van der Waals surface area contributed by atoms with Crippen LogP contribution >= 0.6 is 0 Å². The lowest BCUT2D eigenvalue weighted by molar-refractivity contribution is -0.123. The van der Waals surface area contributed by atoms with Gasteiger partial charge < -0.3 is 26.2 Å². The summed E-state index contributed by atoms with van der Waals surface area (Å²) in [6.45, 7) is 12.4. The molecule has 1 aromatic carbocycles. The highest BCUT2D eigenvalue weighted by Crippen LogP contribution is 2.34. The monoisotopic (exact) mass is 409 g/mol. The summed E-state index contributed by atoms with van der Waals surface area (Å²) < 4.78 is 5.60. The predicted octanol–water partition coefficient (Wildman–Crippen LogP) is 2.82. The van der Waals surface area contributed by atoms with Crippen molar-refractivity contribution in [3.8, 4) is 5.75 Å². The largest absolute Gasteiger partial charge is 0.483 e.